The van der Waals surface area contributed by atoms with Crippen LogP contribution in [0.5, 0.6) is 0 Å². The zero-order chi connectivity index (χ0) is 13.2. The number of benzene rings is 1. The fraction of sp³-hybridized carbons (Fsp3) is 0.625. The van der Waals surface area contributed by atoms with E-state index in [0.717, 1.165) is 6.54 Å². The van der Waals surface area contributed by atoms with Gasteiger partial charge >= 0.3 is 0 Å². The molecule has 2 rings (SSSR count). The van der Waals surface area contributed by atoms with Crippen LogP contribution in [0.4, 0.5) is 0 Å². The van der Waals surface area contributed by atoms with Crippen LogP contribution in [0.15, 0.2) is 28.7 Å². The van der Waals surface area contributed by atoms with Crippen molar-refractivity contribution in [1.82, 2.24) is 5.32 Å². The Morgan fingerprint density at radius 2 is 2.00 bits per heavy atom. The van der Waals surface area contributed by atoms with Gasteiger partial charge in [-0.1, -0.05) is 48.8 Å². The molecule has 0 aliphatic heterocycles. The molecule has 1 aromatic carbocycles. The Hall–Kier alpha value is -0.340. The molecule has 0 heterocycles. The highest BCUT2D eigenvalue weighted by atomic mass is 79.9. The third-order valence-corrected chi connectivity index (χ3v) is 5.37. The zero-order valence-electron chi connectivity index (χ0n) is 11.7. The molecule has 0 spiro atoms. The van der Waals surface area contributed by atoms with Crippen LogP contribution >= 0.6 is 15.9 Å². The van der Waals surface area contributed by atoms with Gasteiger partial charge in [0.1, 0.15) is 0 Å². The van der Waals surface area contributed by atoms with Gasteiger partial charge in [-0.25, -0.2) is 0 Å². The van der Waals surface area contributed by atoms with E-state index < -0.39 is 0 Å². The molecule has 2 atom stereocenters. The number of rotatable bonds is 5. The molecule has 0 aromatic heterocycles. The maximum atomic E-state index is 3.68. The fourth-order valence-corrected chi connectivity index (χ4v) is 4.16. The first-order chi connectivity index (χ1) is 8.67. The van der Waals surface area contributed by atoms with Crippen LogP contribution in [0.3, 0.4) is 0 Å². The fourth-order valence-electron chi connectivity index (χ4n) is 3.75. The van der Waals surface area contributed by atoms with Gasteiger partial charge in [-0.3, -0.25) is 0 Å². The first-order valence-corrected chi connectivity index (χ1v) is 7.96. The van der Waals surface area contributed by atoms with E-state index in [0.29, 0.717) is 17.4 Å². The Bertz CT molecular complexity index is 398. The van der Waals surface area contributed by atoms with Crippen LogP contribution in [-0.2, 0) is 0 Å². The van der Waals surface area contributed by atoms with E-state index in [4.69, 9.17) is 0 Å². The summed E-state index contributed by atoms with van der Waals surface area (Å²) in [5.41, 5.74) is 1.96. The van der Waals surface area contributed by atoms with Gasteiger partial charge in [-0.2, -0.15) is 0 Å². The van der Waals surface area contributed by atoms with E-state index in [1.54, 1.807) is 0 Å². The van der Waals surface area contributed by atoms with Crippen molar-refractivity contribution in [3.8, 4) is 0 Å². The van der Waals surface area contributed by atoms with E-state index >= 15 is 0 Å². The standard InChI is InChI=1S/C16H24BrN/c1-4-16(5-2)14(11-15(16)18-6-3)12-8-7-9-13(17)10-12/h7-10,14-15,18H,4-6,11H2,1-3H3. The lowest BCUT2D eigenvalue weighted by Crippen LogP contribution is -2.58. The minimum Gasteiger partial charge on any atom is -0.314 e. The lowest BCUT2D eigenvalue weighted by atomic mass is 9.52. The van der Waals surface area contributed by atoms with Crippen LogP contribution in [-0.4, -0.2) is 12.6 Å². The molecule has 0 saturated heterocycles. The van der Waals surface area contributed by atoms with Crippen LogP contribution in [0, 0.1) is 5.41 Å². The molecule has 0 bridgehead atoms. The third-order valence-electron chi connectivity index (χ3n) is 4.88. The quantitative estimate of drug-likeness (QED) is 0.829. The molecular formula is C16H24BrN. The van der Waals surface area contributed by atoms with Crippen molar-refractivity contribution >= 4 is 15.9 Å². The summed E-state index contributed by atoms with van der Waals surface area (Å²) in [6.45, 7) is 7.98. The molecule has 18 heavy (non-hydrogen) atoms. The van der Waals surface area contributed by atoms with E-state index in [9.17, 15) is 0 Å². The van der Waals surface area contributed by atoms with Gasteiger partial charge in [-0.15, -0.1) is 0 Å². The average molecular weight is 310 g/mol. The van der Waals surface area contributed by atoms with E-state index in [-0.39, 0.29) is 0 Å². The van der Waals surface area contributed by atoms with Gasteiger partial charge in [0.05, 0.1) is 0 Å². The van der Waals surface area contributed by atoms with Crippen molar-refractivity contribution in [1.29, 1.82) is 0 Å². The Labute approximate surface area is 119 Å². The maximum absolute atomic E-state index is 3.68. The van der Waals surface area contributed by atoms with Gasteiger partial charge in [0.15, 0.2) is 0 Å². The highest BCUT2D eigenvalue weighted by molar-refractivity contribution is 9.10. The van der Waals surface area contributed by atoms with Gasteiger partial charge in [0.25, 0.3) is 0 Å². The predicted molar refractivity (Wildman–Crippen MR) is 82.0 cm³/mol. The van der Waals surface area contributed by atoms with Crippen molar-refractivity contribution in [3.05, 3.63) is 34.3 Å². The molecule has 0 amide bonds. The second kappa shape index (κ2) is 5.75. The summed E-state index contributed by atoms with van der Waals surface area (Å²) >= 11 is 3.60. The lowest BCUT2D eigenvalue weighted by Gasteiger charge is -2.56. The molecule has 1 aromatic rings. The van der Waals surface area contributed by atoms with E-state index in [1.807, 2.05) is 0 Å². The van der Waals surface area contributed by atoms with E-state index in [2.05, 4.69) is 66.3 Å². The normalized spacial score (nSPS) is 25.8. The van der Waals surface area contributed by atoms with Gasteiger partial charge in [0.2, 0.25) is 0 Å². The Morgan fingerprint density at radius 1 is 1.28 bits per heavy atom. The molecule has 0 radical (unpaired) electrons. The van der Waals surface area contributed by atoms with Gasteiger partial charge in [0, 0.05) is 10.5 Å². The largest absolute Gasteiger partial charge is 0.314 e. The second-order valence-electron chi connectivity index (χ2n) is 5.39. The van der Waals surface area contributed by atoms with Crippen LogP contribution < -0.4 is 5.32 Å². The summed E-state index contributed by atoms with van der Waals surface area (Å²) < 4.78 is 1.20. The molecule has 1 N–H and O–H groups in total. The zero-order valence-corrected chi connectivity index (χ0v) is 13.3. The first kappa shape index (κ1) is 14.1. The highest BCUT2D eigenvalue weighted by Gasteiger charge is 2.52. The van der Waals surface area contributed by atoms with Crippen molar-refractivity contribution in [2.75, 3.05) is 6.54 Å². The summed E-state index contributed by atoms with van der Waals surface area (Å²) in [7, 11) is 0. The predicted octanol–water partition coefficient (Wildman–Crippen LogP) is 4.72. The number of nitrogens with one attached hydrogen (secondary N) is 1. The highest BCUT2D eigenvalue weighted by Crippen LogP contribution is 2.57. The van der Waals surface area contributed by atoms with Crippen molar-refractivity contribution in [3.63, 3.8) is 0 Å². The first-order valence-electron chi connectivity index (χ1n) is 7.16. The van der Waals surface area contributed by atoms with Crippen LogP contribution in [0.2, 0.25) is 0 Å². The van der Waals surface area contributed by atoms with Crippen LogP contribution in [0.25, 0.3) is 0 Å². The summed E-state index contributed by atoms with van der Waals surface area (Å²) in [6.07, 6.45) is 3.81. The molecule has 100 valence electrons. The molecule has 1 aliphatic carbocycles. The Kier molecular flexibility index (Phi) is 4.50. The molecular weight excluding hydrogens is 286 g/mol. The number of hydrogen-bond donors (Lipinski definition) is 1. The number of hydrogen-bond acceptors (Lipinski definition) is 1. The summed E-state index contributed by atoms with van der Waals surface area (Å²) in [4.78, 5) is 0. The summed E-state index contributed by atoms with van der Waals surface area (Å²) in [5, 5.41) is 3.68. The minimum absolute atomic E-state index is 0.455. The Balaban J connectivity index is 2.24. The second-order valence-corrected chi connectivity index (χ2v) is 6.31. The molecule has 1 saturated carbocycles. The van der Waals surface area contributed by atoms with Crippen molar-refractivity contribution < 1.29 is 0 Å². The van der Waals surface area contributed by atoms with Gasteiger partial charge in [-0.05, 0) is 54.8 Å². The molecule has 1 fully saturated rings. The van der Waals surface area contributed by atoms with Gasteiger partial charge < -0.3 is 5.32 Å². The molecule has 2 unspecified atom stereocenters. The van der Waals surface area contributed by atoms with Crippen molar-refractivity contribution in [2.45, 2.75) is 52.0 Å². The third kappa shape index (κ3) is 2.25. The molecule has 2 heteroatoms. The average Bonchev–Trinajstić information content (AvgIpc) is 2.36. The SMILES string of the molecule is CCNC1CC(c2cccc(Br)c2)C1(CC)CC. The monoisotopic (exact) mass is 309 g/mol. The summed E-state index contributed by atoms with van der Waals surface area (Å²) in [5.74, 6) is 0.717. The topological polar surface area (TPSA) is 12.0 Å². The lowest BCUT2D eigenvalue weighted by molar-refractivity contribution is 0.0210. The minimum atomic E-state index is 0.455. The number of halogens is 1. The molecule has 1 aliphatic rings. The smallest absolute Gasteiger partial charge is 0.0178 e. The van der Waals surface area contributed by atoms with Crippen LogP contribution in [0.1, 0.15) is 51.5 Å². The maximum Gasteiger partial charge on any atom is 0.0178 e. The Morgan fingerprint density at radius 3 is 2.56 bits per heavy atom. The molecule has 1 nitrogen and oxygen atoms in total. The van der Waals surface area contributed by atoms with E-state index in [1.165, 1.54) is 29.3 Å². The summed E-state index contributed by atoms with van der Waals surface area (Å²) in [6, 6.07) is 9.56. The van der Waals surface area contributed by atoms with Crippen molar-refractivity contribution in [2.24, 2.45) is 5.41 Å².